The Morgan fingerprint density at radius 2 is 2.09 bits per heavy atom. The number of carbonyl (C=O) groups excluding carboxylic acids is 1. The van der Waals surface area contributed by atoms with Crippen LogP contribution in [0.25, 0.3) is 10.9 Å². The highest BCUT2D eigenvalue weighted by Crippen LogP contribution is 2.35. The van der Waals surface area contributed by atoms with Crippen LogP contribution in [0.3, 0.4) is 0 Å². The fraction of sp³-hybridized carbons (Fsp3) is 0.471. The first-order valence-corrected chi connectivity index (χ1v) is 7.53. The van der Waals surface area contributed by atoms with Crippen molar-refractivity contribution in [3.63, 3.8) is 0 Å². The zero-order valence-electron chi connectivity index (χ0n) is 13.3. The Balaban J connectivity index is 1.87. The fourth-order valence-corrected chi connectivity index (χ4v) is 3.05. The predicted octanol–water partition coefficient (Wildman–Crippen LogP) is 3.79. The summed E-state index contributed by atoms with van der Waals surface area (Å²) in [7, 11) is 0. The smallest absolute Gasteiger partial charge is 0.407 e. The van der Waals surface area contributed by atoms with Crippen LogP contribution in [-0.2, 0) is 11.3 Å². The van der Waals surface area contributed by atoms with Gasteiger partial charge in [0.1, 0.15) is 11.4 Å². The number of nitrogens with one attached hydrogen (secondary N) is 1. The standard InChI is InChI=1S/C17H21FN2O2/c1-10-11-5-6-13(18)12-7-8-20(15(11)12)9-14(10)19-16(21)22-17(2,3)4/h5-8,10,14H,9H2,1-4H3,(H,19,21). The van der Waals surface area contributed by atoms with Gasteiger partial charge >= 0.3 is 6.09 Å². The maximum atomic E-state index is 13.9. The molecule has 1 aromatic heterocycles. The van der Waals surface area contributed by atoms with Crippen molar-refractivity contribution < 1.29 is 13.9 Å². The summed E-state index contributed by atoms with van der Waals surface area (Å²) in [5.74, 6) is -0.110. The Kier molecular flexibility index (Phi) is 3.38. The first kappa shape index (κ1) is 14.9. The number of ether oxygens (including phenoxy) is 1. The minimum atomic E-state index is -0.524. The van der Waals surface area contributed by atoms with Gasteiger partial charge in [-0.25, -0.2) is 9.18 Å². The number of halogens is 1. The lowest BCUT2D eigenvalue weighted by molar-refractivity contribution is 0.0491. The van der Waals surface area contributed by atoms with Crippen molar-refractivity contribution in [3.05, 3.63) is 35.8 Å². The van der Waals surface area contributed by atoms with Crippen LogP contribution in [0.1, 0.15) is 39.2 Å². The molecule has 1 aromatic carbocycles. The van der Waals surface area contributed by atoms with Crippen molar-refractivity contribution in [1.29, 1.82) is 0 Å². The van der Waals surface area contributed by atoms with Gasteiger partial charge in [0.05, 0.1) is 11.6 Å². The Labute approximate surface area is 129 Å². The number of benzene rings is 1. The molecular weight excluding hydrogens is 283 g/mol. The molecule has 0 fully saturated rings. The molecule has 0 saturated heterocycles. The average molecular weight is 304 g/mol. The third-order valence-electron chi connectivity index (χ3n) is 4.09. The molecule has 0 bridgehead atoms. The van der Waals surface area contributed by atoms with Crippen molar-refractivity contribution in [2.45, 2.75) is 51.8 Å². The van der Waals surface area contributed by atoms with E-state index in [0.717, 1.165) is 11.1 Å². The second-order valence-corrected chi connectivity index (χ2v) is 6.91. The van der Waals surface area contributed by atoms with Crippen LogP contribution in [0, 0.1) is 5.82 Å². The summed E-state index contributed by atoms with van der Waals surface area (Å²) in [5, 5.41) is 3.58. The summed E-state index contributed by atoms with van der Waals surface area (Å²) in [5.41, 5.74) is 1.45. The van der Waals surface area contributed by atoms with E-state index in [0.29, 0.717) is 11.9 Å². The molecule has 5 heteroatoms. The maximum absolute atomic E-state index is 13.9. The van der Waals surface area contributed by atoms with E-state index in [1.54, 1.807) is 6.07 Å². The Bertz CT molecular complexity index is 730. The van der Waals surface area contributed by atoms with Crippen LogP contribution in [-0.4, -0.2) is 22.3 Å². The monoisotopic (exact) mass is 304 g/mol. The Morgan fingerprint density at radius 1 is 1.36 bits per heavy atom. The minimum absolute atomic E-state index is 0.0802. The number of amides is 1. The van der Waals surface area contributed by atoms with Crippen LogP contribution >= 0.6 is 0 Å². The highest BCUT2D eigenvalue weighted by molar-refractivity contribution is 5.85. The molecule has 1 aliphatic rings. The molecule has 0 radical (unpaired) electrons. The van der Waals surface area contributed by atoms with Crippen LogP contribution in [0.2, 0.25) is 0 Å². The van der Waals surface area contributed by atoms with Crippen LogP contribution < -0.4 is 5.32 Å². The average Bonchev–Trinajstić information content (AvgIpc) is 2.80. The van der Waals surface area contributed by atoms with Crippen molar-refractivity contribution in [2.24, 2.45) is 0 Å². The molecule has 1 amide bonds. The van der Waals surface area contributed by atoms with E-state index >= 15 is 0 Å². The summed E-state index contributed by atoms with van der Waals surface area (Å²) in [4.78, 5) is 12.0. The summed E-state index contributed by atoms with van der Waals surface area (Å²) in [6, 6.07) is 5.01. The third-order valence-corrected chi connectivity index (χ3v) is 4.09. The molecule has 2 heterocycles. The van der Waals surface area contributed by atoms with E-state index in [1.807, 2.05) is 44.5 Å². The first-order chi connectivity index (χ1) is 10.3. The van der Waals surface area contributed by atoms with Gasteiger partial charge in [0, 0.05) is 24.0 Å². The molecule has 2 atom stereocenters. The molecule has 1 N–H and O–H groups in total. The molecule has 3 rings (SSSR count). The molecule has 118 valence electrons. The largest absolute Gasteiger partial charge is 0.444 e. The summed E-state index contributed by atoms with van der Waals surface area (Å²) in [6.07, 6.45) is 1.45. The summed E-state index contributed by atoms with van der Waals surface area (Å²) >= 11 is 0. The predicted molar refractivity (Wildman–Crippen MR) is 83.5 cm³/mol. The van der Waals surface area contributed by atoms with Crippen molar-refractivity contribution in [1.82, 2.24) is 9.88 Å². The Hall–Kier alpha value is -2.04. The second-order valence-electron chi connectivity index (χ2n) is 6.91. The van der Waals surface area contributed by atoms with E-state index < -0.39 is 11.7 Å². The van der Waals surface area contributed by atoms with Gasteiger partial charge in [0.2, 0.25) is 0 Å². The highest BCUT2D eigenvalue weighted by Gasteiger charge is 2.30. The molecular formula is C17H21FN2O2. The zero-order chi connectivity index (χ0) is 16.1. The number of nitrogens with zero attached hydrogens (tertiary/aromatic N) is 1. The van der Waals surface area contributed by atoms with Crippen LogP contribution in [0.4, 0.5) is 9.18 Å². The highest BCUT2D eigenvalue weighted by atomic mass is 19.1. The van der Waals surface area contributed by atoms with Crippen LogP contribution in [0.15, 0.2) is 24.4 Å². The number of aromatic nitrogens is 1. The van der Waals surface area contributed by atoms with Gasteiger partial charge in [-0.2, -0.15) is 0 Å². The molecule has 0 aliphatic carbocycles. The second kappa shape index (κ2) is 5.00. The van der Waals surface area contributed by atoms with Gasteiger partial charge in [0.25, 0.3) is 0 Å². The van der Waals surface area contributed by atoms with Crippen molar-refractivity contribution >= 4 is 17.0 Å². The number of carbonyl (C=O) groups is 1. The number of rotatable bonds is 1. The van der Waals surface area contributed by atoms with Crippen LogP contribution in [0.5, 0.6) is 0 Å². The van der Waals surface area contributed by atoms with Gasteiger partial charge in [-0.15, -0.1) is 0 Å². The summed E-state index contributed by atoms with van der Waals surface area (Å²) < 4.78 is 21.2. The van der Waals surface area contributed by atoms with Crippen molar-refractivity contribution in [2.75, 3.05) is 0 Å². The SMILES string of the molecule is CC1c2ccc(F)c3ccn(c23)CC1NC(=O)OC(C)(C)C. The topological polar surface area (TPSA) is 43.3 Å². The minimum Gasteiger partial charge on any atom is -0.444 e. The third kappa shape index (κ3) is 2.56. The van der Waals surface area contributed by atoms with Gasteiger partial charge in [0.15, 0.2) is 0 Å². The van der Waals surface area contributed by atoms with Gasteiger partial charge in [-0.05, 0) is 38.5 Å². The summed E-state index contributed by atoms with van der Waals surface area (Å²) in [6.45, 7) is 8.17. The molecule has 2 aromatic rings. The van der Waals surface area contributed by atoms with E-state index in [2.05, 4.69) is 5.32 Å². The molecule has 2 unspecified atom stereocenters. The number of alkyl carbamates (subject to hydrolysis) is 1. The lowest BCUT2D eigenvalue weighted by atomic mass is 9.89. The quantitative estimate of drug-likeness (QED) is 0.871. The van der Waals surface area contributed by atoms with E-state index in [9.17, 15) is 9.18 Å². The zero-order valence-corrected chi connectivity index (χ0v) is 13.3. The van der Waals surface area contributed by atoms with Crippen molar-refractivity contribution in [3.8, 4) is 0 Å². The fourth-order valence-electron chi connectivity index (χ4n) is 3.05. The Morgan fingerprint density at radius 3 is 2.77 bits per heavy atom. The molecule has 22 heavy (non-hydrogen) atoms. The first-order valence-electron chi connectivity index (χ1n) is 7.53. The molecule has 1 aliphatic heterocycles. The van der Waals surface area contributed by atoms with Gasteiger partial charge < -0.3 is 14.6 Å². The van der Waals surface area contributed by atoms with E-state index in [4.69, 9.17) is 4.74 Å². The molecule has 4 nitrogen and oxygen atoms in total. The normalized spacial score (nSPS) is 21.0. The molecule has 0 spiro atoms. The van der Waals surface area contributed by atoms with Gasteiger partial charge in [-0.1, -0.05) is 13.0 Å². The molecule has 0 saturated carbocycles. The number of hydrogen-bond acceptors (Lipinski definition) is 2. The maximum Gasteiger partial charge on any atom is 0.407 e. The van der Waals surface area contributed by atoms with E-state index in [-0.39, 0.29) is 17.8 Å². The lowest BCUT2D eigenvalue weighted by Crippen LogP contribution is -2.45. The lowest BCUT2D eigenvalue weighted by Gasteiger charge is -2.32. The van der Waals surface area contributed by atoms with E-state index in [1.165, 1.54) is 6.07 Å². The number of hydrogen-bond donors (Lipinski definition) is 1. The van der Waals surface area contributed by atoms with Gasteiger partial charge in [-0.3, -0.25) is 0 Å².